The maximum atomic E-state index is 13.7. The Morgan fingerprint density at radius 2 is 1.94 bits per heavy atom. The largest absolute Gasteiger partial charge is 0.364 e. The highest BCUT2D eigenvalue weighted by Gasteiger charge is 2.37. The van der Waals surface area contributed by atoms with Crippen molar-refractivity contribution in [2.45, 2.75) is 32.5 Å². The highest BCUT2D eigenvalue weighted by molar-refractivity contribution is 5.23. The number of hydrogen-bond donors (Lipinski definition) is 1. The molecule has 1 aromatic rings. The second kappa shape index (κ2) is 4.94. The van der Waals surface area contributed by atoms with Crippen molar-refractivity contribution >= 4 is 0 Å². The molecule has 1 heterocycles. The number of ether oxygens (including phenoxy) is 1. The van der Waals surface area contributed by atoms with Gasteiger partial charge in [-0.15, -0.1) is 0 Å². The first-order valence-corrected chi connectivity index (χ1v) is 6.26. The maximum Gasteiger partial charge on any atom is 0.132 e. The zero-order valence-electron chi connectivity index (χ0n) is 11.0. The van der Waals surface area contributed by atoms with E-state index in [4.69, 9.17) is 4.74 Å². The average Bonchev–Trinajstić information content (AvgIpc) is 2.28. The van der Waals surface area contributed by atoms with Crippen molar-refractivity contribution in [1.29, 1.82) is 0 Å². The number of halogens is 2. The topological polar surface area (TPSA) is 21.3 Å². The molecule has 2 unspecified atom stereocenters. The van der Waals surface area contributed by atoms with Gasteiger partial charge in [0.2, 0.25) is 0 Å². The molecule has 2 nitrogen and oxygen atoms in total. The molecule has 0 aliphatic carbocycles. The lowest BCUT2D eigenvalue weighted by molar-refractivity contribution is -0.134. The number of benzene rings is 1. The van der Waals surface area contributed by atoms with Gasteiger partial charge in [0, 0.05) is 13.1 Å². The predicted octanol–water partition coefficient (Wildman–Crippen LogP) is 3.04. The van der Waals surface area contributed by atoms with Crippen LogP contribution in [0, 0.1) is 17.6 Å². The van der Waals surface area contributed by atoms with Gasteiger partial charge in [-0.05, 0) is 25.0 Å². The zero-order valence-corrected chi connectivity index (χ0v) is 11.0. The summed E-state index contributed by atoms with van der Waals surface area (Å²) >= 11 is 0. The Kier molecular flexibility index (Phi) is 3.69. The summed E-state index contributed by atoms with van der Waals surface area (Å²) in [6.45, 7) is 7.18. The predicted molar refractivity (Wildman–Crippen MR) is 66.3 cm³/mol. The molecule has 18 heavy (non-hydrogen) atoms. The monoisotopic (exact) mass is 255 g/mol. The van der Waals surface area contributed by atoms with Crippen LogP contribution in [-0.2, 0) is 4.74 Å². The van der Waals surface area contributed by atoms with Crippen molar-refractivity contribution in [3.8, 4) is 0 Å². The molecule has 4 heteroatoms. The minimum Gasteiger partial charge on any atom is -0.364 e. The van der Waals surface area contributed by atoms with Gasteiger partial charge < -0.3 is 10.1 Å². The molecule has 0 spiro atoms. The molecule has 1 aromatic carbocycles. The Bertz CT molecular complexity index is 416. The number of morpholine rings is 1. The van der Waals surface area contributed by atoms with Crippen LogP contribution in [-0.4, -0.2) is 18.7 Å². The lowest BCUT2D eigenvalue weighted by Gasteiger charge is -2.42. The summed E-state index contributed by atoms with van der Waals surface area (Å²) in [5.41, 5.74) is -0.381. The third-order valence-electron chi connectivity index (χ3n) is 3.76. The molecule has 1 aliphatic rings. The van der Waals surface area contributed by atoms with Crippen LogP contribution in [0.5, 0.6) is 0 Å². The average molecular weight is 255 g/mol. The van der Waals surface area contributed by atoms with Gasteiger partial charge in [-0.3, -0.25) is 0 Å². The Labute approximate surface area is 106 Å². The summed E-state index contributed by atoms with van der Waals surface area (Å²) < 4.78 is 33.4. The first-order valence-electron chi connectivity index (χ1n) is 6.26. The van der Waals surface area contributed by atoms with E-state index in [0.29, 0.717) is 13.1 Å². The van der Waals surface area contributed by atoms with E-state index in [9.17, 15) is 8.78 Å². The van der Waals surface area contributed by atoms with Gasteiger partial charge in [-0.25, -0.2) is 8.78 Å². The van der Waals surface area contributed by atoms with Crippen LogP contribution in [0.1, 0.15) is 32.4 Å². The van der Waals surface area contributed by atoms with Gasteiger partial charge in [-0.1, -0.05) is 19.9 Å². The fourth-order valence-corrected chi connectivity index (χ4v) is 2.18. The Morgan fingerprint density at radius 3 is 2.50 bits per heavy atom. The minimum atomic E-state index is -0.577. The maximum absolute atomic E-state index is 13.7. The van der Waals surface area contributed by atoms with Crippen molar-refractivity contribution < 1.29 is 13.5 Å². The van der Waals surface area contributed by atoms with Gasteiger partial charge in [0.1, 0.15) is 17.7 Å². The standard InChI is InChI=1S/C14H19F2NO/c1-9(2)14(3)8-17-7-12(18-14)13-10(15)5-4-6-11(13)16/h4-6,9,12,17H,7-8H2,1-3H3. The van der Waals surface area contributed by atoms with Crippen LogP contribution in [0.3, 0.4) is 0 Å². The van der Waals surface area contributed by atoms with E-state index < -0.39 is 23.3 Å². The Balaban J connectivity index is 2.29. The molecule has 1 fully saturated rings. The summed E-state index contributed by atoms with van der Waals surface area (Å²) in [7, 11) is 0. The smallest absolute Gasteiger partial charge is 0.132 e. The van der Waals surface area contributed by atoms with Crippen molar-refractivity contribution in [1.82, 2.24) is 5.32 Å². The molecule has 1 saturated heterocycles. The van der Waals surface area contributed by atoms with Gasteiger partial charge in [0.15, 0.2) is 0 Å². The van der Waals surface area contributed by atoms with Crippen LogP contribution in [0.4, 0.5) is 8.78 Å². The van der Waals surface area contributed by atoms with Crippen LogP contribution in [0.15, 0.2) is 18.2 Å². The van der Waals surface area contributed by atoms with Crippen LogP contribution in [0.25, 0.3) is 0 Å². The molecular weight excluding hydrogens is 236 g/mol. The third kappa shape index (κ3) is 2.40. The summed E-state index contributed by atoms with van der Waals surface area (Å²) in [6.07, 6.45) is -0.577. The van der Waals surface area contributed by atoms with E-state index in [1.807, 2.05) is 20.8 Å². The van der Waals surface area contributed by atoms with E-state index in [-0.39, 0.29) is 11.5 Å². The van der Waals surface area contributed by atoms with Crippen molar-refractivity contribution in [3.05, 3.63) is 35.4 Å². The minimum absolute atomic E-state index is 0.0246. The molecule has 2 atom stereocenters. The van der Waals surface area contributed by atoms with Crippen molar-refractivity contribution in [2.24, 2.45) is 5.92 Å². The number of rotatable bonds is 2. The quantitative estimate of drug-likeness (QED) is 0.877. The van der Waals surface area contributed by atoms with E-state index >= 15 is 0 Å². The molecule has 0 bridgehead atoms. The molecule has 0 saturated carbocycles. The van der Waals surface area contributed by atoms with Crippen LogP contribution in [0.2, 0.25) is 0 Å². The highest BCUT2D eigenvalue weighted by atomic mass is 19.1. The fourth-order valence-electron chi connectivity index (χ4n) is 2.18. The normalized spacial score (nSPS) is 28.7. The zero-order chi connectivity index (χ0) is 13.3. The molecule has 0 amide bonds. The van der Waals surface area contributed by atoms with Gasteiger partial charge in [-0.2, -0.15) is 0 Å². The third-order valence-corrected chi connectivity index (χ3v) is 3.76. The molecule has 0 radical (unpaired) electrons. The fraction of sp³-hybridized carbons (Fsp3) is 0.571. The Hall–Kier alpha value is -1.00. The van der Waals surface area contributed by atoms with Crippen LogP contribution >= 0.6 is 0 Å². The summed E-state index contributed by atoms with van der Waals surface area (Å²) in [4.78, 5) is 0. The van der Waals surface area contributed by atoms with E-state index in [2.05, 4.69) is 5.32 Å². The van der Waals surface area contributed by atoms with Gasteiger partial charge >= 0.3 is 0 Å². The molecule has 1 aliphatic heterocycles. The summed E-state index contributed by atoms with van der Waals surface area (Å²) in [5.74, 6) is -0.827. The molecule has 0 aromatic heterocycles. The summed E-state index contributed by atoms with van der Waals surface area (Å²) in [6, 6.07) is 3.90. The first-order chi connectivity index (χ1) is 8.44. The first kappa shape index (κ1) is 13.4. The SMILES string of the molecule is CC(C)C1(C)CNCC(c2c(F)cccc2F)O1. The van der Waals surface area contributed by atoms with E-state index in [1.165, 1.54) is 18.2 Å². The lowest BCUT2D eigenvalue weighted by Crippen LogP contribution is -2.52. The molecule has 1 N–H and O–H groups in total. The van der Waals surface area contributed by atoms with Gasteiger partial charge in [0.25, 0.3) is 0 Å². The van der Waals surface area contributed by atoms with Gasteiger partial charge in [0.05, 0.1) is 11.2 Å². The van der Waals surface area contributed by atoms with E-state index in [1.54, 1.807) is 0 Å². The van der Waals surface area contributed by atoms with Crippen LogP contribution < -0.4 is 5.32 Å². The molecule has 2 rings (SSSR count). The second-order valence-electron chi connectivity index (χ2n) is 5.34. The Morgan fingerprint density at radius 1 is 1.33 bits per heavy atom. The molecule has 100 valence electrons. The molecular formula is C14H19F2NO. The number of nitrogens with one attached hydrogen (secondary N) is 1. The number of hydrogen-bond acceptors (Lipinski definition) is 2. The lowest BCUT2D eigenvalue weighted by atomic mass is 9.89. The van der Waals surface area contributed by atoms with E-state index in [0.717, 1.165) is 0 Å². The van der Waals surface area contributed by atoms with Crippen molar-refractivity contribution in [3.63, 3.8) is 0 Å². The summed E-state index contributed by atoms with van der Waals surface area (Å²) in [5, 5.41) is 3.20. The highest BCUT2D eigenvalue weighted by Crippen LogP contribution is 2.34. The second-order valence-corrected chi connectivity index (χ2v) is 5.34. The van der Waals surface area contributed by atoms with Crippen molar-refractivity contribution in [2.75, 3.05) is 13.1 Å².